The number of aliphatic hydroxyl groups excluding tert-OH is 1. The molecule has 1 aromatic heterocycles. The highest BCUT2D eigenvalue weighted by atomic mass is 16.5. The van der Waals surface area contributed by atoms with Gasteiger partial charge in [0.05, 0.1) is 26.0 Å². The Labute approximate surface area is 259 Å². The van der Waals surface area contributed by atoms with Crippen molar-refractivity contribution in [3.05, 3.63) is 54.2 Å². The van der Waals surface area contributed by atoms with Crippen LogP contribution in [0.25, 0.3) is 11.3 Å². The summed E-state index contributed by atoms with van der Waals surface area (Å²) in [6, 6.07) is 11.3. The molecule has 0 saturated carbocycles. The van der Waals surface area contributed by atoms with Crippen LogP contribution >= 0.6 is 0 Å². The van der Waals surface area contributed by atoms with Crippen molar-refractivity contribution < 1.29 is 33.8 Å². The van der Waals surface area contributed by atoms with Crippen molar-refractivity contribution in [2.45, 2.75) is 66.3 Å². The Morgan fingerprint density at radius 3 is 1.86 bits per heavy atom. The number of nitrogens with one attached hydrogen (secondary N) is 4. The number of hydrogen-bond donors (Lipinski definition) is 5. The fraction of sp³-hybridized carbons (Fsp3) is 0.516. The first-order valence-corrected chi connectivity index (χ1v) is 14.3. The lowest BCUT2D eigenvalue weighted by Crippen LogP contribution is -2.58. The van der Waals surface area contributed by atoms with Crippen molar-refractivity contribution in [2.24, 2.45) is 10.8 Å². The molecule has 1 heterocycles. The van der Waals surface area contributed by atoms with Crippen LogP contribution < -0.4 is 21.4 Å². The molecule has 44 heavy (non-hydrogen) atoms. The first-order chi connectivity index (χ1) is 20.5. The number of ether oxygens (including phenoxy) is 2. The Morgan fingerprint density at radius 2 is 1.39 bits per heavy atom. The van der Waals surface area contributed by atoms with Gasteiger partial charge in [0.2, 0.25) is 5.91 Å². The molecule has 4 amide bonds. The molecule has 2 rings (SSSR count). The van der Waals surface area contributed by atoms with Gasteiger partial charge in [-0.2, -0.15) is 0 Å². The summed E-state index contributed by atoms with van der Waals surface area (Å²) in [5.41, 5.74) is 4.05. The number of amides is 4. The van der Waals surface area contributed by atoms with Gasteiger partial charge in [-0.3, -0.25) is 20.0 Å². The van der Waals surface area contributed by atoms with Gasteiger partial charge < -0.3 is 30.5 Å². The van der Waals surface area contributed by atoms with E-state index < -0.39 is 53.0 Å². The number of pyridine rings is 1. The number of carbonyl (C=O) groups is 4. The van der Waals surface area contributed by atoms with E-state index in [1.807, 2.05) is 42.5 Å². The first-order valence-electron chi connectivity index (χ1n) is 14.3. The van der Waals surface area contributed by atoms with Gasteiger partial charge in [-0.05, 0) is 28.5 Å². The van der Waals surface area contributed by atoms with Gasteiger partial charge in [0.1, 0.15) is 12.1 Å². The standard InChI is InChI=1S/C31H46N6O7/c1-30(2,3)24(34-28(41)43-7)26(39)33-17-22(38)19-37(36-27(40)25(31(4,5)6)35-29(42)44-8)18-20-12-14-21(15-13-20)23-11-9-10-16-32-23/h9-16,22,24-25,38H,17-19H2,1-8H3,(H,33,39)(H,34,41)(H,35,42)(H,36,40)/t22-,24-,25-/m1/s1. The van der Waals surface area contributed by atoms with Crippen LogP contribution in [0.1, 0.15) is 47.1 Å². The molecule has 13 nitrogen and oxygen atoms in total. The van der Waals surface area contributed by atoms with Crippen molar-refractivity contribution in [3.8, 4) is 11.3 Å². The highest BCUT2D eigenvalue weighted by Crippen LogP contribution is 2.21. The highest BCUT2D eigenvalue weighted by molar-refractivity contribution is 5.87. The lowest BCUT2D eigenvalue weighted by atomic mass is 9.86. The third-order valence-corrected chi connectivity index (χ3v) is 6.65. The Balaban J connectivity index is 2.22. The van der Waals surface area contributed by atoms with Gasteiger partial charge >= 0.3 is 12.2 Å². The summed E-state index contributed by atoms with van der Waals surface area (Å²) in [7, 11) is 2.42. The number of nitrogens with zero attached hydrogens (tertiary/aromatic N) is 2. The molecule has 5 N–H and O–H groups in total. The maximum absolute atomic E-state index is 13.4. The van der Waals surface area contributed by atoms with Crippen molar-refractivity contribution in [1.29, 1.82) is 0 Å². The van der Waals surface area contributed by atoms with Crippen LogP contribution in [0.3, 0.4) is 0 Å². The normalized spacial score (nSPS) is 13.7. The van der Waals surface area contributed by atoms with E-state index in [9.17, 15) is 24.3 Å². The SMILES string of the molecule is COC(=O)N[C@H](C(=O)NC[C@@H](O)CN(Cc1ccc(-c2ccccn2)cc1)NC(=O)[C@@H](NC(=O)OC)C(C)(C)C)C(C)(C)C. The number of alkyl carbamates (subject to hydrolysis) is 2. The molecular formula is C31H46N6O7. The number of hydrazine groups is 1. The number of aromatic nitrogens is 1. The lowest BCUT2D eigenvalue weighted by molar-refractivity contribution is -0.132. The number of benzene rings is 1. The smallest absolute Gasteiger partial charge is 0.407 e. The predicted molar refractivity (Wildman–Crippen MR) is 165 cm³/mol. The van der Waals surface area contributed by atoms with Crippen LogP contribution in [0.15, 0.2) is 48.7 Å². The highest BCUT2D eigenvalue weighted by Gasteiger charge is 2.35. The van der Waals surface area contributed by atoms with Crippen molar-refractivity contribution in [2.75, 3.05) is 27.3 Å². The maximum atomic E-state index is 13.4. The second-order valence-electron chi connectivity index (χ2n) is 12.5. The number of carbonyl (C=O) groups excluding carboxylic acids is 4. The van der Waals surface area contributed by atoms with E-state index >= 15 is 0 Å². The Bertz CT molecular complexity index is 1240. The lowest BCUT2D eigenvalue weighted by Gasteiger charge is -2.33. The van der Waals surface area contributed by atoms with E-state index in [2.05, 4.69) is 31.1 Å². The largest absolute Gasteiger partial charge is 0.453 e. The molecule has 0 aliphatic rings. The average Bonchev–Trinajstić information content (AvgIpc) is 2.96. The molecule has 0 fully saturated rings. The minimum Gasteiger partial charge on any atom is -0.453 e. The van der Waals surface area contributed by atoms with Crippen LogP contribution in [-0.4, -0.2) is 84.6 Å². The minimum absolute atomic E-state index is 0.0757. The molecule has 0 saturated heterocycles. The molecule has 0 spiro atoms. The zero-order chi connectivity index (χ0) is 33.1. The van der Waals surface area contributed by atoms with Gasteiger partial charge in [0.25, 0.3) is 5.91 Å². The summed E-state index contributed by atoms with van der Waals surface area (Å²) in [6.45, 7) is 10.7. The van der Waals surface area contributed by atoms with Gasteiger partial charge in [0, 0.05) is 31.4 Å². The average molecular weight is 615 g/mol. The van der Waals surface area contributed by atoms with Gasteiger partial charge in [0.15, 0.2) is 0 Å². The van der Waals surface area contributed by atoms with E-state index in [-0.39, 0.29) is 19.6 Å². The third kappa shape index (κ3) is 11.5. The van der Waals surface area contributed by atoms with Crippen LogP contribution in [-0.2, 0) is 25.6 Å². The van der Waals surface area contributed by atoms with Crippen LogP contribution in [0.4, 0.5) is 9.59 Å². The van der Waals surface area contributed by atoms with Crippen molar-refractivity contribution >= 4 is 24.0 Å². The third-order valence-electron chi connectivity index (χ3n) is 6.65. The summed E-state index contributed by atoms with van der Waals surface area (Å²) >= 11 is 0. The zero-order valence-electron chi connectivity index (χ0n) is 26.8. The quantitative estimate of drug-likeness (QED) is 0.225. The molecule has 0 aliphatic heterocycles. The predicted octanol–water partition coefficient (Wildman–Crippen LogP) is 2.60. The number of hydrogen-bond acceptors (Lipinski definition) is 9. The van der Waals surface area contributed by atoms with E-state index in [1.165, 1.54) is 19.2 Å². The fourth-order valence-corrected chi connectivity index (χ4v) is 4.25. The second kappa shape index (κ2) is 16.0. The fourth-order valence-electron chi connectivity index (χ4n) is 4.25. The first kappa shape index (κ1) is 36.0. The van der Waals surface area contributed by atoms with Gasteiger partial charge in [-0.25, -0.2) is 14.6 Å². The maximum Gasteiger partial charge on any atom is 0.407 e. The molecule has 242 valence electrons. The molecule has 2 aromatic rings. The molecule has 13 heteroatoms. The summed E-state index contributed by atoms with van der Waals surface area (Å²) in [4.78, 5) is 54.5. The molecule has 1 aromatic carbocycles. The summed E-state index contributed by atoms with van der Waals surface area (Å²) < 4.78 is 9.35. The Morgan fingerprint density at radius 1 is 0.841 bits per heavy atom. The van der Waals surface area contributed by atoms with Crippen LogP contribution in [0.5, 0.6) is 0 Å². The topological polar surface area (TPSA) is 171 Å². The summed E-state index contributed by atoms with van der Waals surface area (Å²) in [6.07, 6.45) is -0.914. The van der Waals surface area contributed by atoms with Gasteiger partial charge in [-0.15, -0.1) is 0 Å². The van der Waals surface area contributed by atoms with Crippen molar-refractivity contribution in [3.63, 3.8) is 0 Å². The van der Waals surface area contributed by atoms with Crippen LogP contribution in [0, 0.1) is 10.8 Å². The molecule has 0 aliphatic carbocycles. The molecule has 0 radical (unpaired) electrons. The summed E-state index contributed by atoms with van der Waals surface area (Å²) in [5, 5.41) is 20.2. The number of methoxy groups -OCH3 is 2. The summed E-state index contributed by atoms with van der Waals surface area (Å²) in [5.74, 6) is -1.02. The number of rotatable bonds is 12. The monoisotopic (exact) mass is 614 g/mol. The molecular weight excluding hydrogens is 568 g/mol. The Kier molecular flexibility index (Phi) is 13.1. The zero-order valence-corrected chi connectivity index (χ0v) is 26.8. The van der Waals surface area contributed by atoms with Gasteiger partial charge in [-0.1, -0.05) is 71.9 Å². The van der Waals surface area contributed by atoms with Crippen molar-refractivity contribution in [1.82, 2.24) is 31.4 Å². The molecule has 3 atom stereocenters. The van der Waals surface area contributed by atoms with E-state index in [1.54, 1.807) is 47.7 Å². The van der Waals surface area contributed by atoms with E-state index in [0.29, 0.717) is 0 Å². The molecule has 0 unspecified atom stereocenters. The minimum atomic E-state index is -1.12. The van der Waals surface area contributed by atoms with Crippen LogP contribution in [0.2, 0.25) is 0 Å². The van der Waals surface area contributed by atoms with E-state index in [4.69, 9.17) is 4.74 Å². The van der Waals surface area contributed by atoms with E-state index in [0.717, 1.165) is 16.8 Å². The Hall–Kier alpha value is -4.23. The number of aliphatic hydroxyl groups is 1. The second-order valence-corrected chi connectivity index (χ2v) is 12.5. The molecule has 0 bridgehead atoms.